The lowest BCUT2D eigenvalue weighted by Gasteiger charge is -2.07. The summed E-state index contributed by atoms with van der Waals surface area (Å²) in [5.74, 6) is 0.339. The summed E-state index contributed by atoms with van der Waals surface area (Å²) in [6.45, 7) is 1.91. The van der Waals surface area contributed by atoms with Gasteiger partial charge in [0.25, 0.3) is 5.91 Å². The van der Waals surface area contributed by atoms with Gasteiger partial charge >= 0.3 is 0 Å². The van der Waals surface area contributed by atoms with E-state index in [0.717, 1.165) is 15.6 Å². The molecule has 0 fully saturated rings. The van der Waals surface area contributed by atoms with E-state index in [9.17, 15) is 4.79 Å². The van der Waals surface area contributed by atoms with Gasteiger partial charge in [-0.05, 0) is 46.1 Å². The van der Waals surface area contributed by atoms with Gasteiger partial charge in [-0.3, -0.25) is 4.79 Å². The van der Waals surface area contributed by atoms with Crippen molar-refractivity contribution in [3.8, 4) is 5.75 Å². The quantitative estimate of drug-likeness (QED) is 0.633. The summed E-state index contributed by atoms with van der Waals surface area (Å²) in [6, 6.07) is 15.6. The zero-order valence-corrected chi connectivity index (χ0v) is 13.8. The van der Waals surface area contributed by atoms with Crippen molar-refractivity contribution < 1.29 is 9.53 Å². The Morgan fingerprint density at radius 3 is 2.77 bits per heavy atom. The number of nitrogens with one attached hydrogen (secondary N) is 1. The van der Waals surface area contributed by atoms with E-state index >= 15 is 0 Å². The predicted octanol–water partition coefficient (Wildman–Crippen LogP) is 3.48. The van der Waals surface area contributed by atoms with Crippen LogP contribution in [0.3, 0.4) is 0 Å². The third-order valence-corrected chi connectivity index (χ3v) is 3.52. The van der Waals surface area contributed by atoms with Crippen molar-refractivity contribution in [3.05, 3.63) is 64.1 Å². The minimum atomic E-state index is -0.295. The molecule has 2 aromatic rings. The summed E-state index contributed by atoms with van der Waals surface area (Å²) in [5.41, 5.74) is 4.70. The van der Waals surface area contributed by atoms with Crippen LogP contribution in [0.15, 0.2) is 58.1 Å². The van der Waals surface area contributed by atoms with Gasteiger partial charge in [-0.1, -0.05) is 36.4 Å². The molecule has 2 aromatic carbocycles. The van der Waals surface area contributed by atoms with Crippen molar-refractivity contribution in [2.75, 3.05) is 6.61 Å². The average Bonchev–Trinajstić information content (AvgIpc) is 2.52. The van der Waals surface area contributed by atoms with E-state index in [0.29, 0.717) is 12.2 Å². The van der Waals surface area contributed by atoms with Gasteiger partial charge in [0.1, 0.15) is 5.75 Å². The molecule has 0 unspecified atom stereocenters. The first-order chi connectivity index (χ1) is 10.6. The molecule has 114 valence electrons. The number of carbonyl (C=O) groups excluding carboxylic acids is 1. The lowest BCUT2D eigenvalue weighted by Crippen LogP contribution is -2.24. The molecule has 0 aliphatic rings. The maximum absolute atomic E-state index is 11.6. The Labute approximate surface area is 138 Å². The summed E-state index contributed by atoms with van der Waals surface area (Å²) in [6.07, 6.45) is 2.33. The summed E-state index contributed by atoms with van der Waals surface area (Å²) in [4.78, 5) is 11.6. The molecular formula is C17H17BrN2O2. The second-order valence-electron chi connectivity index (χ2n) is 4.76. The van der Waals surface area contributed by atoms with Crippen LogP contribution in [0.1, 0.15) is 11.1 Å². The van der Waals surface area contributed by atoms with Crippen LogP contribution in [0.25, 0.3) is 0 Å². The Hall–Kier alpha value is -2.14. The maximum atomic E-state index is 11.6. The predicted molar refractivity (Wildman–Crippen MR) is 91.2 cm³/mol. The summed E-state index contributed by atoms with van der Waals surface area (Å²) < 4.78 is 6.26. The molecule has 0 aliphatic heterocycles. The molecule has 0 saturated heterocycles. The normalized spacial score (nSPS) is 10.6. The number of carbonyl (C=O) groups is 1. The number of rotatable bonds is 6. The van der Waals surface area contributed by atoms with E-state index in [-0.39, 0.29) is 12.5 Å². The maximum Gasteiger partial charge on any atom is 0.277 e. The third kappa shape index (κ3) is 5.33. The topological polar surface area (TPSA) is 50.7 Å². The number of hydrogen-bond acceptors (Lipinski definition) is 3. The van der Waals surface area contributed by atoms with E-state index in [1.165, 1.54) is 0 Å². The van der Waals surface area contributed by atoms with E-state index in [4.69, 9.17) is 4.74 Å². The van der Waals surface area contributed by atoms with E-state index in [2.05, 4.69) is 26.5 Å². The lowest BCUT2D eigenvalue weighted by atomic mass is 10.2. The van der Waals surface area contributed by atoms with Crippen LogP contribution in [0.4, 0.5) is 0 Å². The fraction of sp³-hybridized carbons (Fsp3) is 0.176. The van der Waals surface area contributed by atoms with Crippen molar-refractivity contribution in [2.24, 2.45) is 5.10 Å². The number of aryl methyl sites for hydroxylation is 1. The second-order valence-corrected chi connectivity index (χ2v) is 5.61. The molecule has 4 nitrogen and oxygen atoms in total. The Balaban J connectivity index is 1.74. The Kier molecular flexibility index (Phi) is 6.15. The van der Waals surface area contributed by atoms with Gasteiger partial charge in [0, 0.05) is 12.6 Å². The molecule has 0 saturated carbocycles. The molecule has 0 heterocycles. The SMILES string of the molecule is Cc1ccc(OCC(=O)NN=CCc2ccccc2)c(Br)c1. The standard InChI is InChI=1S/C17H17BrN2O2/c1-13-7-8-16(15(18)11-13)22-12-17(21)20-19-10-9-14-5-3-2-4-6-14/h2-8,10-11H,9,12H2,1H3,(H,20,21). The fourth-order valence-corrected chi connectivity index (χ4v) is 2.39. The summed E-state index contributed by atoms with van der Waals surface area (Å²) in [7, 11) is 0. The van der Waals surface area contributed by atoms with Crippen molar-refractivity contribution in [3.63, 3.8) is 0 Å². The number of hydrogen-bond donors (Lipinski definition) is 1. The first-order valence-electron chi connectivity index (χ1n) is 6.88. The molecule has 22 heavy (non-hydrogen) atoms. The molecule has 0 aliphatic carbocycles. The van der Waals surface area contributed by atoms with Gasteiger partial charge in [-0.2, -0.15) is 5.10 Å². The lowest BCUT2D eigenvalue weighted by molar-refractivity contribution is -0.123. The number of benzene rings is 2. The largest absolute Gasteiger partial charge is 0.483 e. The van der Waals surface area contributed by atoms with Crippen molar-refractivity contribution in [2.45, 2.75) is 13.3 Å². The Morgan fingerprint density at radius 2 is 2.05 bits per heavy atom. The van der Waals surface area contributed by atoms with E-state index in [1.807, 2.05) is 55.5 Å². The fourth-order valence-electron chi connectivity index (χ4n) is 1.78. The van der Waals surface area contributed by atoms with Gasteiger partial charge in [-0.15, -0.1) is 0 Å². The van der Waals surface area contributed by atoms with Crippen LogP contribution in [-0.4, -0.2) is 18.7 Å². The molecular weight excluding hydrogens is 344 g/mol. The zero-order valence-electron chi connectivity index (χ0n) is 12.3. The van der Waals surface area contributed by atoms with Gasteiger partial charge < -0.3 is 4.74 Å². The highest BCUT2D eigenvalue weighted by molar-refractivity contribution is 9.10. The number of hydrazone groups is 1. The van der Waals surface area contributed by atoms with Crippen molar-refractivity contribution in [1.29, 1.82) is 0 Å². The van der Waals surface area contributed by atoms with Crippen molar-refractivity contribution >= 4 is 28.1 Å². The molecule has 5 heteroatoms. The minimum Gasteiger partial charge on any atom is -0.483 e. The van der Waals surface area contributed by atoms with Crippen LogP contribution < -0.4 is 10.2 Å². The molecule has 1 amide bonds. The average molecular weight is 361 g/mol. The molecule has 2 rings (SSSR count). The smallest absolute Gasteiger partial charge is 0.277 e. The second kappa shape index (κ2) is 8.34. The van der Waals surface area contributed by atoms with Gasteiger partial charge in [0.15, 0.2) is 6.61 Å². The molecule has 1 N–H and O–H groups in total. The van der Waals surface area contributed by atoms with E-state index < -0.39 is 0 Å². The molecule has 0 radical (unpaired) electrons. The summed E-state index contributed by atoms with van der Waals surface area (Å²) >= 11 is 3.40. The van der Waals surface area contributed by atoms with Gasteiger partial charge in [0.05, 0.1) is 4.47 Å². The Bertz CT molecular complexity index is 657. The summed E-state index contributed by atoms with van der Waals surface area (Å²) in [5, 5.41) is 3.90. The minimum absolute atomic E-state index is 0.0790. The highest BCUT2D eigenvalue weighted by Crippen LogP contribution is 2.25. The first kappa shape index (κ1) is 16.2. The van der Waals surface area contributed by atoms with Gasteiger partial charge in [-0.25, -0.2) is 5.43 Å². The van der Waals surface area contributed by atoms with Crippen molar-refractivity contribution in [1.82, 2.24) is 5.43 Å². The van der Waals surface area contributed by atoms with E-state index in [1.54, 1.807) is 6.21 Å². The number of halogens is 1. The van der Waals surface area contributed by atoms with Crippen LogP contribution >= 0.6 is 15.9 Å². The number of ether oxygens (including phenoxy) is 1. The molecule has 0 atom stereocenters. The molecule has 0 spiro atoms. The Morgan fingerprint density at radius 1 is 1.27 bits per heavy atom. The molecule has 0 aromatic heterocycles. The number of nitrogens with zero attached hydrogens (tertiary/aromatic N) is 1. The number of amides is 1. The third-order valence-electron chi connectivity index (χ3n) is 2.90. The molecule has 0 bridgehead atoms. The van der Waals surface area contributed by atoms with Crippen LogP contribution in [-0.2, 0) is 11.2 Å². The van der Waals surface area contributed by atoms with Crippen LogP contribution in [0.2, 0.25) is 0 Å². The first-order valence-corrected chi connectivity index (χ1v) is 7.67. The van der Waals surface area contributed by atoms with Crippen LogP contribution in [0.5, 0.6) is 5.75 Å². The monoisotopic (exact) mass is 360 g/mol. The zero-order chi connectivity index (χ0) is 15.8. The highest BCUT2D eigenvalue weighted by Gasteiger charge is 2.04. The van der Waals surface area contributed by atoms with Crippen LogP contribution in [0, 0.1) is 6.92 Å². The highest BCUT2D eigenvalue weighted by atomic mass is 79.9. The van der Waals surface area contributed by atoms with Gasteiger partial charge in [0.2, 0.25) is 0 Å².